The van der Waals surface area contributed by atoms with Gasteiger partial charge in [0.05, 0.1) is 23.3 Å². The molecular weight excluding hydrogens is 352 g/mol. The molecule has 0 aliphatic carbocycles. The van der Waals surface area contributed by atoms with Crippen LogP contribution in [0.25, 0.3) is 0 Å². The summed E-state index contributed by atoms with van der Waals surface area (Å²) in [6.07, 6.45) is 3.84. The third kappa shape index (κ3) is 3.96. The average molecular weight is 374 g/mol. The number of nitrogens with one attached hydrogen (secondary N) is 1. The van der Waals surface area contributed by atoms with Gasteiger partial charge in [0.2, 0.25) is 0 Å². The maximum absolute atomic E-state index is 12.6. The lowest BCUT2D eigenvalue weighted by molar-refractivity contribution is 0.147. The maximum Gasteiger partial charge on any atom is 0.414 e. The maximum atomic E-state index is 12.6. The van der Waals surface area contributed by atoms with Crippen molar-refractivity contribution in [2.24, 2.45) is 0 Å². The predicted molar refractivity (Wildman–Crippen MR) is 108 cm³/mol. The Morgan fingerprint density at radius 1 is 1.18 bits per heavy atom. The Labute approximate surface area is 164 Å². The minimum atomic E-state index is -0.306. The van der Waals surface area contributed by atoms with Gasteiger partial charge in [-0.15, -0.1) is 0 Å². The molecule has 2 heterocycles. The van der Waals surface area contributed by atoms with Gasteiger partial charge in [-0.2, -0.15) is 0 Å². The van der Waals surface area contributed by atoms with Gasteiger partial charge in [-0.3, -0.25) is 4.90 Å². The summed E-state index contributed by atoms with van der Waals surface area (Å²) in [5, 5.41) is 3.35. The number of carbonyl (C=O) groups is 1. The summed E-state index contributed by atoms with van der Waals surface area (Å²) in [5.41, 5.74) is 5.97. The van der Waals surface area contributed by atoms with E-state index in [-0.39, 0.29) is 12.7 Å². The fourth-order valence-corrected chi connectivity index (χ4v) is 3.28. The van der Waals surface area contributed by atoms with E-state index in [0.717, 1.165) is 34.6 Å². The van der Waals surface area contributed by atoms with Crippen LogP contribution in [0.1, 0.15) is 22.4 Å². The van der Waals surface area contributed by atoms with Crippen molar-refractivity contribution in [2.75, 3.05) is 16.8 Å². The van der Waals surface area contributed by atoms with Crippen LogP contribution in [-0.4, -0.2) is 22.6 Å². The van der Waals surface area contributed by atoms with Crippen molar-refractivity contribution in [3.05, 3.63) is 83.4 Å². The quantitative estimate of drug-likeness (QED) is 0.728. The van der Waals surface area contributed by atoms with Crippen molar-refractivity contribution >= 4 is 17.5 Å². The van der Waals surface area contributed by atoms with Crippen LogP contribution in [0.5, 0.6) is 0 Å². The molecule has 0 saturated carbocycles. The van der Waals surface area contributed by atoms with E-state index in [0.29, 0.717) is 13.1 Å². The standard InChI is InChI=1S/C22H22N4O2/c1-16-20(13-23-15-25-16)24-12-18-7-8-19-9-10-26(21(19)11-18)22(27)28-14-17-5-3-2-4-6-17/h2-8,11,13,15,24H,9-10,12,14H2,1H3. The highest BCUT2D eigenvalue weighted by Gasteiger charge is 2.26. The van der Waals surface area contributed by atoms with Gasteiger partial charge < -0.3 is 10.1 Å². The molecule has 1 aromatic heterocycles. The van der Waals surface area contributed by atoms with E-state index in [1.165, 1.54) is 11.9 Å². The lowest BCUT2D eigenvalue weighted by Gasteiger charge is -2.18. The van der Waals surface area contributed by atoms with E-state index in [1.54, 1.807) is 11.1 Å². The Morgan fingerprint density at radius 3 is 2.86 bits per heavy atom. The van der Waals surface area contributed by atoms with E-state index < -0.39 is 0 Å². The molecule has 6 heteroatoms. The normalized spacial score (nSPS) is 12.5. The Kier molecular flexibility index (Phi) is 5.19. The summed E-state index contributed by atoms with van der Waals surface area (Å²) < 4.78 is 5.51. The molecule has 1 N–H and O–H groups in total. The van der Waals surface area contributed by atoms with Crippen LogP contribution in [0.3, 0.4) is 0 Å². The van der Waals surface area contributed by atoms with Gasteiger partial charge in [0, 0.05) is 13.1 Å². The number of fused-ring (bicyclic) bond motifs is 1. The van der Waals surface area contributed by atoms with Crippen molar-refractivity contribution in [2.45, 2.75) is 26.5 Å². The topological polar surface area (TPSA) is 67.4 Å². The number of rotatable bonds is 5. The number of nitrogens with zero attached hydrogens (tertiary/aromatic N) is 3. The third-order valence-electron chi connectivity index (χ3n) is 4.87. The molecule has 2 aromatic carbocycles. The molecule has 3 aromatic rings. The fourth-order valence-electron chi connectivity index (χ4n) is 3.28. The van der Waals surface area contributed by atoms with Gasteiger partial charge in [0.25, 0.3) is 0 Å². The van der Waals surface area contributed by atoms with E-state index in [2.05, 4.69) is 33.5 Å². The number of carbonyl (C=O) groups excluding carboxylic acids is 1. The number of aryl methyl sites for hydroxylation is 1. The van der Waals surface area contributed by atoms with Crippen LogP contribution in [0.4, 0.5) is 16.2 Å². The number of hydrogen-bond donors (Lipinski definition) is 1. The lowest BCUT2D eigenvalue weighted by Crippen LogP contribution is -2.29. The predicted octanol–water partition coefficient (Wildman–Crippen LogP) is 4.10. The van der Waals surface area contributed by atoms with Gasteiger partial charge in [-0.1, -0.05) is 42.5 Å². The van der Waals surface area contributed by atoms with E-state index in [4.69, 9.17) is 4.74 Å². The highest BCUT2D eigenvalue weighted by molar-refractivity contribution is 5.90. The largest absolute Gasteiger partial charge is 0.444 e. The highest BCUT2D eigenvalue weighted by Crippen LogP contribution is 2.30. The summed E-state index contributed by atoms with van der Waals surface area (Å²) in [5.74, 6) is 0. The molecule has 142 valence electrons. The zero-order valence-corrected chi connectivity index (χ0v) is 15.8. The van der Waals surface area contributed by atoms with E-state index in [1.807, 2.05) is 37.3 Å². The summed E-state index contributed by atoms with van der Waals surface area (Å²) >= 11 is 0. The molecule has 6 nitrogen and oxygen atoms in total. The summed E-state index contributed by atoms with van der Waals surface area (Å²) in [4.78, 5) is 22.5. The minimum absolute atomic E-state index is 0.278. The van der Waals surface area contributed by atoms with Gasteiger partial charge in [-0.05, 0) is 36.1 Å². The van der Waals surface area contributed by atoms with Crippen molar-refractivity contribution in [1.82, 2.24) is 9.97 Å². The smallest absolute Gasteiger partial charge is 0.414 e. The van der Waals surface area contributed by atoms with Crippen molar-refractivity contribution in [1.29, 1.82) is 0 Å². The first-order valence-corrected chi connectivity index (χ1v) is 9.31. The molecule has 0 unspecified atom stereocenters. The number of hydrogen-bond acceptors (Lipinski definition) is 5. The Morgan fingerprint density at radius 2 is 2.04 bits per heavy atom. The molecule has 1 aliphatic heterocycles. The molecule has 28 heavy (non-hydrogen) atoms. The van der Waals surface area contributed by atoms with Gasteiger partial charge in [0.15, 0.2) is 0 Å². The molecular formula is C22H22N4O2. The highest BCUT2D eigenvalue weighted by atomic mass is 16.6. The van der Waals surface area contributed by atoms with Crippen molar-refractivity contribution in [3.63, 3.8) is 0 Å². The minimum Gasteiger partial charge on any atom is -0.444 e. The Hall–Kier alpha value is -3.41. The molecule has 0 radical (unpaired) electrons. The zero-order valence-electron chi connectivity index (χ0n) is 15.8. The molecule has 1 amide bonds. The third-order valence-corrected chi connectivity index (χ3v) is 4.87. The van der Waals surface area contributed by atoms with Crippen molar-refractivity contribution < 1.29 is 9.53 Å². The monoisotopic (exact) mass is 374 g/mol. The molecule has 0 atom stereocenters. The summed E-state index contributed by atoms with van der Waals surface area (Å²) in [6, 6.07) is 15.9. The van der Waals surface area contributed by atoms with Gasteiger partial charge >= 0.3 is 6.09 Å². The van der Waals surface area contributed by atoms with Crippen LogP contribution in [0.15, 0.2) is 61.1 Å². The van der Waals surface area contributed by atoms with Crippen LogP contribution in [-0.2, 0) is 24.3 Å². The lowest BCUT2D eigenvalue weighted by atomic mass is 10.1. The molecule has 0 saturated heterocycles. The first-order chi connectivity index (χ1) is 13.7. The number of anilines is 2. The number of benzene rings is 2. The van der Waals surface area contributed by atoms with E-state index in [9.17, 15) is 4.79 Å². The SMILES string of the molecule is Cc1ncncc1NCc1ccc2c(c1)N(C(=O)OCc1ccccc1)CC2. The molecule has 0 fully saturated rings. The first kappa shape index (κ1) is 18.0. The van der Waals surface area contributed by atoms with E-state index >= 15 is 0 Å². The van der Waals surface area contributed by atoms with Crippen molar-refractivity contribution in [3.8, 4) is 0 Å². The van der Waals surface area contributed by atoms with Gasteiger partial charge in [0.1, 0.15) is 12.9 Å². The summed E-state index contributed by atoms with van der Waals surface area (Å²) in [7, 11) is 0. The molecule has 0 bridgehead atoms. The molecule has 1 aliphatic rings. The summed E-state index contributed by atoms with van der Waals surface area (Å²) in [6.45, 7) is 3.50. The van der Waals surface area contributed by atoms with Gasteiger partial charge in [-0.25, -0.2) is 14.8 Å². The fraction of sp³-hybridized carbons (Fsp3) is 0.227. The average Bonchev–Trinajstić information content (AvgIpc) is 3.15. The second-order valence-corrected chi connectivity index (χ2v) is 6.78. The van der Waals surface area contributed by atoms with Crippen LogP contribution < -0.4 is 10.2 Å². The van der Waals surface area contributed by atoms with Crippen LogP contribution >= 0.6 is 0 Å². The molecule has 4 rings (SSSR count). The first-order valence-electron chi connectivity index (χ1n) is 9.31. The van der Waals surface area contributed by atoms with Crippen LogP contribution in [0, 0.1) is 6.92 Å². The van der Waals surface area contributed by atoms with Crippen LogP contribution in [0.2, 0.25) is 0 Å². The Bertz CT molecular complexity index is 975. The Balaban J connectivity index is 1.43. The second-order valence-electron chi connectivity index (χ2n) is 6.78. The number of aromatic nitrogens is 2. The number of amides is 1. The second kappa shape index (κ2) is 8.08. The number of ether oxygens (including phenoxy) is 1. The molecule has 0 spiro atoms. The zero-order chi connectivity index (χ0) is 19.3.